The maximum Gasteiger partial charge on any atom is 0.185 e. The van der Waals surface area contributed by atoms with Gasteiger partial charge in [-0.1, -0.05) is 20.8 Å². The first-order valence-corrected chi connectivity index (χ1v) is 6.14. The van der Waals surface area contributed by atoms with Crippen LogP contribution in [0.5, 0.6) is 0 Å². The topological polar surface area (TPSA) is 69.6 Å². The van der Waals surface area contributed by atoms with Gasteiger partial charge in [-0.05, 0) is 41.0 Å². The normalized spacial score (nSPS) is 13.5. The first-order chi connectivity index (χ1) is 8.80. The molecular weight excluding hydrogens is 245 g/mol. The smallest absolute Gasteiger partial charge is 0.185 e. The van der Waals surface area contributed by atoms with Crippen molar-refractivity contribution in [1.82, 2.24) is 20.2 Å². The molecule has 102 valence electrons. The molecule has 19 heavy (non-hydrogen) atoms. The van der Waals surface area contributed by atoms with Gasteiger partial charge in [-0.25, -0.2) is 9.07 Å². The van der Waals surface area contributed by atoms with Crippen molar-refractivity contribution in [3.05, 3.63) is 24.0 Å². The molecule has 0 amide bonds. The molecule has 0 saturated carbocycles. The highest BCUT2D eigenvalue weighted by Gasteiger charge is 2.26. The van der Waals surface area contributed by atoms with Crippen LogP contribution in [0.15, 0.2) is 18.2 Å². The molecular formula is C13H18FN5. The van der Waals surface area contributed by atoms with Crippen LogP contribution in [0.4, 0.5) is 10.1 Å². The third kappa shape index (κ3) is 2.57. The molecule has 0 aliphatic carbocycles. The van der Waals surface area contributed by atoms with E-state index >= 15 is 0 Å². The molecule has 1 aromatic heterocycles. The Morgan fingerprint density at radius 1 is 1.32 bits per heavy atom. The number of benzene rings is 1. The molecule has 1 aromatic carbocycles. The van der Waals surface area contributed by atoms with Gasteiger partial charge < -0.3 is 5.73 Å². The van der Waals surface area contributed by atoms with Crippen LogP contribution in [0.2, 0.25) is 0 Å². The van der Waals surface area contributed by atoms with E-state index in [0.29, 0.717) is 17.1 Å². The summed E-state index contributed by atoms with van der Waals surface area (Å²) >= 11 is 0. The molecule has 0 aliphatic rings. The Labute approximate surface area is 111 Å². The van der Waals surface area contributed by atoms with Gasteiger partial charge in [0.1, 0.15) is 5.82 Å². The fourth-order valence-corrected chi connectivity index (χ4v) is 1.71. The Hall–Kier alpha value is -1.98. The van der Waals surface area contributed by atoms with E-state index in [1.807, 2.05) is 6.92 Å². The van der Waals surface area contributed by atoms with Crippen molar-refractivity contribution in [2.45, 2.75) is 33.7 Å². The van der Waals surface area contributed by atoms with E-state index in [0.717, 1.165) is 0 Å². The molecule has 0 spiro atoms. The molecule has 5 nitrogen and oxygen atoms in total. The average molecular weight is 263 g/mol. The summed E-state index contributed by atoms with van der Waals surface area (Å²) in [5.41, 5.74) is 6.46. The summed E-state index contributed by atoms with van der Waals surface area (Å²) < 4.78 is 15.5. The van der Waals surface area contributed by atoms with Crippen molar-refractivity contribution in [3.8, 4) is 11.4 Å². The summed E-state index contributed by atoms with van der Waals surface area (Å²) in [6, 6.07) is 4.41. The first kappa shape index (κ1) is 13.5. The number of aromatic nitrogens is 4. The average Bonchev–Trinajstić information content (AvgIpc) is 2.78. The number of nitrogens with zero attached hydrogens (tertiary/aromatic N) is 4. The van der Waals surface area contributed by atoms with Crippen LogP contribution >= 0.6 is 0 Å². The number of hydrogen-bond donors (Lipinski definition) is 1. The van der Waals surface area contributed by atoms with Crippen molar-refractivity contribution in [2.75, 3.05) is 5.73 Å². The Balaban J connectivity index is 2.53. The predicted molar refractivity (Wildman–Crippen MR) is 71.8 cm³/mol. The zero-order chi connectivity index (χ0) is 14.2. The molecule has 2 N–H and O–H groups in total. The minimum atomic E-state index is -0.383. The van der Waals surface area contributed by atoms with E-state index in [1.165, 1.54) is 12.1 Å². The van der Waals surface area contributed by atoms with Gasteiger partial charge in [-0.15, -0.1) is 5.10 Å². The van der Waals surface area contributed by atoms with Gasteiger partial charge in [0.2, 0.25) is 0 Å². The van der Waals surface area contributed by atoms with Gasteiger partial charge in [0, 0.05) is 5.69 Å². The Bertz CT molecular complexity index is 585. The van der Waals surface area contributed by atoms with Gasteiger partial charge >= 0.3 is 0 Å². The van der Waals surface area contributed by atoms with Gasteiger partial charge in [0.25, 0.3) is 0 Å². The second kappa shape index (κ2) is 4.60. The van der Waals surface area contributed by atoms with Crippen molar-refractivity contribution >= 4 is 5.69 Å². The van der Waals surface area contributed by atoms with Gasteiger partial charge in [0.15, 0.2) is 5.82 Å². The molecule has 1 unspecified atom stereocenters. The monoisotopic (exact) mass is 263 g/mol. The fraction of sp³-hybridized carbons (Fsp3) is 0.462. The highest BCUT2D eigenvalue weighted by Crippen LogP contribution is 2.33. The maximum absolute atomic E-state index is 13.9. The van der Waals surface area contributed by atoms with Crippen molar-refractivity contribution in [3.63, 3.8) is 0 Å². The van der Waals surface area contributed by atoms with Crippen LogP contribution in [0, 0.1) is 11.2 Å². The molecule has 1 atom stereocenters. The largest absolute Gasteiger partial charge is 0.399 e. The molecule has 0 saturated heterocycles. The summed E-state index contributed by atoms with van der Waals surface area (Å²) in [6.45, 7) is 8.25. The quantitative estimate of drug-likeness (QED) is 0.846. The molecule has 6 heteroatoms. The number of rotatable bonds is 2. The van der Waals surface area contributed by atoms with Crippen LogP contribution in [-0.4, -0.2) is 20.2 Å². The zero-order valence-electron chi connectivity index (χ0n) is 11.6. The molecule has 2 aromatic rings. The lowest BCUT2D eigenvalue weighted by Gasteiger charge is -2.27. The maximum atomic E-state index is 13.9. The number of tetrazole rings is 1. The Morgan fingerprint density at radius 2 is 2.00 bits per heavy atom. The highest BCUT2D eigenvalue weighted by molar-refractivity contribution is 5.61. The summed E-state index contributed by atoms with van der Waals surface area (Å²) in [6.07, 6.45) is 0. The number of anilines is 1. The third-order valence-corrected chi connectivity index (χ3v) is 3.34. The van der Waals surface area contributed by atoms with E-state index in [9.17, 15) is 4.39 Å². The number of nitrogen functional groups attached to an aromatic ring is 1. The van der Waals surface area contributed by atoms with Crippen LogP contribution in [-0.2, 0) is 0 Å². The van der Waals surface area contributed by atoms with Crippen LogP contribution in [0.3, 0.4) is 0 Å². The molecule has 0 aliphatic heterocycles. The summed E-state index contributed by atoms with van der Waals surface area (Å²) in [4.78, 5) is 0. The minimum Gasteiger partial charge on any atom is -0.399 e. The third-order valence-electron chi connectivity index (χ3n) is 3.34. The lowest BCUT2D eigenvalue weighted by Crippen LogP contribution is -2.23. The van der Waals surface area contributed by atoms with Crippen LogP contribution in [0.25, 0.3) is 11.4 Å². The van der Waals surface area contributed by atoms with Gasteiger partial charge in [-0.2, -0.15) is 0 Å². The molecule has 2 rings (SSSR count). The van der Waals surface area contributed by atoms with E-state index in [1.54, 1.807) is 10.7 Å². The van der Waals surface area contributed by atoms with E-state index in [2.05, 4.69) is 36.3 Å². The molecule has 0 radical (unpaired) electrons. The van der Waals surface area contributed by atoms with Crippen LogP contribution in [0.1, 0.15) is 33.7 Å². The van der Waals surface area contributed by atoms with E-state index in [4.69, 9.17) is 5.73 Å². The van der Waals surface area contributed by atoms with Crippen LogP contribution < -0.4 is 5.73 Å². The molecule has 0 fully saturated rings. The molecule has 0 bridgehead atoms. The first-order valence-electron chi connectivity index (χ1n) is 6.14. The highest BCUT2D eigenvalue weighted by atomic mass is 19.1. The van der Waals surface area contributed by atoms with Crippen molar-refractivity contribution in [1.29, 1.82) is 0 Å². The lowest BCUT2D eigenvalue weighted by molar-refractivity contribution is 0.243. The SMILES string of the molecule is CC(n1nnnc1-c1cc(N)ccc1F)C(C)(C)C. The molecule has 1 heterocycles. The van der Waals surface area contributed by atoms with Gasteiger partial charge in [-0.3, -0.25) is 0 Å². The summed E-state index contributed by atoms with van der Waals surface area (Å²) in [5.74, 6) is 0.0126. The van der Waals surface area contributed by atoms with E-state index in [-0.39, 0.29) is 17.3 Å². The van der Waals surface area contributed by atoms with Crippen molar-refractivity contribution in [2.24, 2.45) is 5.41 Å². The second-order valence-electron chi connectivity index (χ2n) is 5.73. The fourth-order valence-electron chi connectivity index (χ4n) is 1.71. The number of halogens is 1. The summed E-state index contributed by atoms with van der Waals surface area (Å²) in [5, 5.41) is 11.6. The second-order valence-corrected chi connectivity index (χ2v) is 5.73. The predicted octanol–water partition coefficient (Wildman–Crippen LogP) is 2.67. The lowest BCUT2D eigenvalue weighted by atomic mass is 9.88. The standard InChI is InChI=1S/C13H18FN5/c1-8(13(2,3)4)19-12(16-17-18-19)10-7-9(15)5-6-11(10)14/h5-8H,15H2,1-4H3. The Kier molecular flexibility index (Phi) is 3.26. The van der Waals surface area contributed by atoms with Crippen molar-refractivity contribution < 1.29 is 4.39 Å². The Morgan fingerprint density at radius 3 is 2.63 bits per heavy atom. The number of nitrogens with two attached hydrogens (primary N) is 1. The van der Waals surface area contributed by atoms with Gasteiger partial charge in [0.05, 0.1) is 11.6 Å². The minimum absolute atomic E-state index is 0.0262. The van der Waals surface area contributed by atoms with E-state index < -0.39 is 0 Å². The number of hydrogen-bond acceptors (Lipinski definition) is 4. The zero-order valence-corrected chi connectivity index (χ0v) is 11.6. The summed E-state index contributed by atoms with van der Waals surface area (Å²) in [7, 11) is 0.